The van der Waals surface area contributed by atoms with Crippen LogP contribution >= 0.6 is 0 Å². The molecular formula is C21H31NO4. The number of ether oxygens (including phenoxy) is 2. The topological polar surface area (TPSA) is 68.7 Å². The SMILES string of the molecule is CCOC(=O)c1c(C2CCOCC2)nc2c(c1CC)C(O)CC(C)(C)C2. The number of hydrogen-bond acceptors (Lipinski definition) is 5. The largest absolute Gasteiger partial charge is 0.462 e. The molecule has 0 spiro atoms. The van der Waals surface area contributed by atoms with Crippen molar-refractivity contribution in [3.63, 3.8) is 0 Å². The molecule has 5 heteroatoms. The summed E-state index contributed by atoms with van der Waals surface area (Å²) in [4.78, 5) is 17.8. The standard InChI is InChI=1S/C21H31NO4/c1-5-14-17-15(11-21(3,4)12-16(17)23)22-19(13-7-9-25-10-8-13)18(14)20(24)26-6-2/h13,16,23H,5-12H2,1-4H3. The molecule has 2 heterocycles. The fourth-order valence-electron chi connectivity index (χ4n) is 4.47. The van der Waals surface area contributed by atoms with E-state index in [1.54, 1.807) is 0 Å². The zero-order chi connectivity index (χ0) is 18.9. The second-order valence-corrected chi connectivity index (χ2v) is 8.23. The second kappa shape index (κ2) is 7.65. The summed E-state index contributed by atoms with van der Waals surface area (Å²) < 4.78 is 10.9. The van der Waals surface area contributed by atoms with Gasteiger partial charge in [-0.1, -0.05) is 20.8 Å². The summed E-state index contributed by atoms with van der Waals surface area (Å²) in [6.07, 6.45) is 3.36. The number of carbonyl (C=O) groups excluding carboxylic acids is 1. The lowest BCUT2D eigenvalue weighted by Gasteiger charge is -2.37. The van der Waals surface area contributed by atoms with Crippen LogP contribution in [-0.2, 0) is 22.3 Å². The fourth-order valence-corrected chi connectivity index (χ4v) is 4.47. The number of carbonyl (C=O) groups is 1. The average molecular weight is 361 g/mol. The Morgan fingerprint density at radius 1 is 1.31 bits per heavy atom. The first kappa shape index (κ1) is 19.3. The Hall–Kier alpha value is -1.46. The summed E-state index contributed by atoms with van der Waals surface area (Å²) >= 11 is 0. The van der Waals surface area contributed by atoms with E-state index in [0.29, 0.717) is 38.2 Å². The van der Waals surface area contributed by atoms with Crippen LogP contribution in [0.25, 0.3) is 0 Å². The Balaban J connectivity index is 2.19. The van der Waals surface area contributed by atoms with E-state index in [1.165, 1.54) is 0 Å². The van der Waals surface area contributed by atoms with Gasteiger partial charge in [0.2, 0.25) is 0 Å². The van der Waals surface area contributed by atoms with Crippen molar-refractivity contribution in [1.82, 2.24) is 4.98 Å². The van der Waals surface area contributed by atoms with Crippen LogP contribution in [0.4, 0.5) is 0 Å². The van der Waals surface area contributed by atoms with Crippen molar-refractivity contribution >= 4 is 5.97 Å². The molecule has 1 aromatic heterocycles. The molecule has 144 valence electrons. The number of aliphatic hydroxyl groups excluding tert-OH is 1. The maximum absolute atomic E-state index is 12.8. The van der Waals surface area contributed by atoms with Gasteiger partial charge >= 0.3 is 5.97 Å². The fraction of sp³-hybridized carbons (Fsp3) is 0.714. The van der Waals surface area contributed by atoms with E-state index in [4.69, 9.17) is 14.5 Å². The molecule has 0 amide bonds. The van der Waals surface area contributed by atoms with Gasteiger partial charge in [0, 0.05) is 30.4 Å². The molecule has 0 saturated carbocycles. The quantitative estimate of drug-likeness (QED) is 0.828. The van der Waals surface area contributed by atoms with Crippen LogP contribution in [0.1, 0.15) is 91.9 Å². The van der Waals surface area contributed by atoms with Crippen molar-refractivity contribution in [3.05, 3.63) is 28.1 Å². The van der Waals surface area contributed by atoms with E-state index < -0.39 is 6.10 Å². The highest BCUT2D eigenvalue weighted by molar-refractivity contribution is 5.93. The molecule has 1 fully saturated rings. The number of fused-ring (bicyclic) bond motifs is 1. The van der Waals surface area contributed by atoms with Gasteiger partial charge < -0.3 is 14.6 Å². The average Bonchev–Trinajstić information content (AvgIpc) is 2.59. The molecule has 1 N–H and O–H groups in total. The predicted octanol–water partition coefficient (Wildman–Crippen LogP) is 3.72. The summed E-state index contributed by atoms with van der Waals surface area (Å²) in [7, 11) is 0. The first-order chi connectivity index (χ1) is 12.4. The number of pyridine rings is 1. The Kier molecular flexibility index (Phi) is 5.68. The number of nitrogens with zero attached hydrogens (tertiary/aromatic N) is 1. The molecule has 3 rings (SSSR count). The van der Waals surface area contributed by atoms with Gasteiger partial charge in [0.25, 0.3) is 0 Å². The lowest BCUT2D eigenvalue weighted by molar-refractivity contribution is 0.0514. The number of aromatic nitrogens is 1. The molecule has 26 heavy (non-hydrogen) atoms. The molecule has 2 aliphatic rings. The third-order valence-corrected chi connectivity index (χ3v) is 5.62. The van der Waals surface area contributed by atoms with Crippen molar-refractivity contribution < 1.29 is 19.4 Å². The number of hydrogen-bond donors (Lipinski definition) is 1. The van der Waals surface area contributed by atoms with Gasteiger partial charge in [-0.3, -0.25) is 4.98 Å². The zero-order valence-electron chi connectivity index (χ0n) is 16.4. The molecule has 1 aliphatic carbocycles. The maximum atomic E-state index is 12.8. The molecule has 0 aromatic carbocycles. The highest BCUT2D eigenvalue weighted by atomic mass is 16.5. The minimum atomic E-state index is -0.576. The van der Waals surface area contributed by atoms with Crippen LogP contribution in [0.2, 0.25) is 0 Å². The summed E-state index contributed by atoms with van der Waals surface area (Å²) in [6, 6.07) is 0. The van der Waals surface area contributed by atoms with Crippen LogP contribution < -0.4 is 0 Å². The summed E-state index contributed by atoms with van der Waals surface area (Å²) in [5.41, 5.74) is 4.21. The second-order valence-electron chi connectivity index (χ2n) is 8.23. The van der Waals surface area contributed by atoms with E-state index >= 15 is 0 Å². The van der Waals surface area contributed by atoms with Crippen LogP contribution in [-0.4, -0.2) is 35.9 Å². The summed E-state index contributed by atoms with van der Waals surface area (Å²) in [5, 5.41) is 10.8. The first-order valence-corrected chi connectivity index (χ1v) is 9.86. The molecular weight excluding hydrogens is 330 g/mol. The summed E-state index contributed by atoms with van der Waals surface area (Å²) in [6.45, 7) is 9.92. The normalized spacial score (nSPS) is 22.7. The minimum absolute atomic E-state index is 0.00280. The van der Waals surface area contributed by atoms with Gasteiger partial charge in [-0.25, -0.2) is 4.79 Å². The van der Waals surface area contributed by atoms with Gasteiger partial charge in [0.15, 0.2) is 0 Å². The predicted molar refractivity (Wildman–Crippen MR) is 99.4 cm³/mol. The van der Waals surface area contributed by atoms with Gasteiger partial charge in [-0.2, -0.15) is 0 Å². The van der Waals surface area contributed by atoms with E-state index in [2.05, 4.69) is 13.8 Å². The lowest BCUT2D eigenvalue weighted by atomic mass is 9.72. The Morgan fingerprint density at radius 3 is 2.62 bits per heavy atom. The molecule has 1 unspecified atom stereocenters. The Bertz CT molecular complexity index is 677. The van der Waals surface area contributed by atoms with Crippen LogP contribution in [0.5, 0.6) is 0 Å². The van der Waals surface area contributed by atoms with Crippen molar-refractivity contribution in [1.29, 1.82) is 0 Å². The molecule has 1 aliphatic heterocycles. The zero-order valence-corrected chi connectivity index (χ0v) is 16.4. The number of esters is 1. The smallest absolute Gasteiger partial charge is 0.340 e. The van der Waals surface area contributed by atoms with Crippen LogP contribution in [0.15, 0.2) is 0 Å². The van der Waals surface area contributed by atoms with Gasteiger partial charge in [0.05, 0.1) is 24.0 Å². The van der Waals surface area contributed by atoms with Crippen molar-refractivity contribution in [2.24, 2.45) is 5.41 Å². The molecule has 1 saturated heterocycles. The maximum Gasteiger partial charge on any atom is 0.340 e. The number of rotatable bonds is 4. The number of aliphatic hydroxyl groups is 1. The van der Waals surface area contributed by atoms with E-state index in [9.17, 15) is 9.90 Å². The molecule has 5 nitrogen and oxygen atoms in total. The van der Waals surface area contributed by atoms with Crippen molar-refractivity contribution in [3.8, 4) is 0 Å². The molecule has 0 radical (unpaired) electrons. The van der Waals surface area contributed by atoms with Crippen LogP contribution in [0.3, 0.4) is 0 Å². The molecule has 1 aromatic rings. The van der Waals surface area contributed by atoms with Crippen LogP contribution in [0, 0.1) is 5.41 Å². The molecule has 0 bridgehead atoms. The first-order valence-electron chi connectivity index (χ1n) is 9.86. The monoisotopic (exact) mass is 361 g/mol. The van der Waals surface area contributed by atoms with Crippen molar-refractivity contribution in [2.45, 2.75) is 71.8 Å². The third kappa shape index (κ3) is 3.65. The van der Waals surface area contributed by atoms with Gasteiger partial charge in [-0.15, -0.1) is 0 Å². The van der Waals surface area contributed by atoms with Crippen molar-refractivity contribution in [2.75, 3.05) is 19.8 Å². The Labute approximate surface area is 156 Å². The summed E-state index contributed by atoms with van der Waals surface area (Å²) in [5.74, 6) is -0.0980. The van der Waals surface area contributed by atoms with Gasteiger partial charge in [-0.05, 0) is 50.0 Å². The highest BCUT2D eigenvalue weighted by Gasteiger charge is 2.37. The molecule has 1 atom stereocenters. The van der Waals surface area contributed by atoms with Gasteiger partial charge in [0.1, 0.15) is 0 Å². The lowest BCUT2D eigenvalue weighted by Crippen LogP contribution is -2.31. The minimum Gasteiger partial charge on any atom is -0.462 e. The van der Waals surface area contributed by atoms with E-state index in [-0.39, 0.29) is 17.3 Å². The Morgan fingerprint density at radius 2 is 2.00 bits per heavy atom. The van der Waals surface area contributed by atoms with E-state index in [0.717, 1.165) is 41.8 Å². The van der Waals surface area contributed by atoms with E-state index in [1.807, 2.05) is 13.8 Å². The third-order valence-electron chi connectivity index (χ3n) is 5.62. The highest BCUT2D eigenvalue weighted by Crippen LogP contribution is 2.44.